The number of benzene rings is 3. The largest absolute Gasteiger partial charge is 0.497 e. The summed E-state index contributed by atoms with van der Waals surface area (Å²) in [5.41, 5.74) is 3.43. The molecule has 0 saturated heterocycles. The zero-order chi connectivity index (χ0) is 23.5. The van der Waals surface area contributed by atoms with E-state index in [1.54, 1.807) is 46.6 Å². The summed E-state index contributed by atoms with van der Waals surface area (Å²) in [6, 6.07) is 16.5. The fraction of sp³-hybridized carbons (Fsp3) is 0.192. The van der Waals surface area contributed by atoms with Crippen molar-refractivity contribution in [2.75, 3.05) is 35.5 Å². The number of furan rings is 1. The van der Waals surface area contributed by atoms with E-state index in [0.29, 0.717) is 34.2 Å². The molecule has 0 saturated carbocycles. The molecule has 0 amide bonds. The minimum absolute atomic E-state index is 0.417. The highest BCUT2D eigenvalue weighted by atomic mass is 16.5. The van der Waals surface area contributed by atoms with Crippen molar-refractivity contribution >= 4 is 16.9 Å². The van der Waals surface area contributed by atoms with Gasteiger partial charge in [-0.05, 0) is 60.2 Å². The van der Waals surface area contributed by atoms with Crippen molar-refractivity contribution in [1.82, 2.24) is 0 Å². The van der Waals surface area contributed by atoms with Gasteiger partial charge in [0.15, 0.2) is 11.5 Å². The van der Waals surface area contributed by atoms with Gasteiger partial charge in [0.25, 0.3) is 0 Å². The third-order valence-electron chi connectivity index (χ3n) is 5.41. The second-order valence-corrected chi connectivity index (χ2v) is 7.15. The fourth-order valence-electron chi connectivity index (χ4n) is 3.80. The van der Waals surface area contributed by atoms with Crippen LogP contribution >= 0.6 is 0 Å². The predicted molar refractivity (Wildman–Crippen MR) is 125 cm³/mol. The van der Waals surface area contributed by atoms with Gasteiger partial charge in [0.2, 0.25) is 5.75 Å². The number of esters is 1. The lowest BCUT2D eigenvalue weighted by Gasteiger charge is -2.14. The zero-order valence-electron chi connectivity index (χ0n) is 19.1. The van der Waals surface area contributed by atoms with Gasteiger partial charge in [0.05, 0.1) is 41.1 Å². The predicted octanol–water partition coefficient (Wildman–Crippen LogP) is 5.59. The van der Waals surface area contributed by atoms with Crippen LogP contribution in [0.4, 0.5) is 0 Å². The van der Waals surface area contributed by atoms with Crippen molar-refractivity contribution in [2.45, 2.75) is 0 Å². The van der Waals surface area contributed by atoms with Crippen molar-refractivity contribution in [2.24, 2.45) is 0 Å². The SMILES string of the molecule is COC(=O)c1ccc2oc(-c3ccc(OC)cc3)c(-c3cc(OC)c(OC)c(OC)c3)c2c1. The van der Waals surface area contributed by atoms with Crippen molar-refractivity contribution in [3.63, 3.8) is 0 Å². The van der Waals surface area contributed by atoms with E-state index in [1.807, 2.05) is 36.4 Å². The molecule has 0 aliphatic rings. The molecule has 0 aliphatic heterocycles. The molecule has 0 aliphatic carbocycles. The Balaban J connectivity index is 2.04. The molecule has 0 unspecified atom stereocenters. The standard InChI is InChI=1S/C26H24O7/c1-28-18-9-6-15(7-10-18)24-23(17-13-21(29-2)25(31-4)22(14-17)30-3)19-12-16(26(27)32-5)8-11-20(19)33-24/h6-14H,1-5H3. The summed E-state index contributed by atoms with van der Waals surface area (Å²) in [4.78, 5) is 12.2. The molecule has 0 fully saturated rings. The van der Waals surface area contributed by atoms with Gasteiger partial charge >= 0.3 is 5.97 Å². The first-order chi connectivity index (χ1) is 16.0. The third kappa shape index (κ3) is 3.93. The number of fused-ring (bicyclic) bond motifs is 1. The van der Waals surface area contributed by atoms with Crippen LogP contribution in [-0.2, 0) is 4.74 Å². The smallest absolute Gasteiger partial charge is 0.337 e. The Morgan fingerprint density at radius 3 is 1.94 bits per heavy atom. The van der Waals surface area contributed by atoms with Gasteiger partial charge in [0, 0.05) is 16.5 Å². The molecular formula is C26H24O7. The van der Waals surface area contributed by atoms with Crippen molar-refractivity contribution in [1.29, 1.82) is 0 Å². The van der Waals surface area contributed by atoms with E-state index in [1.165, 1.54) is 7.11 Å². The highest BCUT2D eigenvalue weighted by Crippen LogP contribution is 2.47. The van der Waals surface area contributed by atoms with Crippen molar-refractivity contribution < 1.29 is 32.9 Å². The van der Waals surface area contributed by atoms with E-state index in [0.717, 1.165) is 27.8 Å². The molecule has 7 nitrogen and oxygen atoms in total. The number of rotatable bonds is 7. The molecule has 33 heavy (non-hydrogen) atoms. The number of hydrogen-bond acceptors (Lipinski definition) is 7. The lowest BCUT2D eigenvalue weighted by Crippen LogP contribution is -2.00. The average Bonchev–Trinajstić information content (AvgIpc) is 3.25. The van der Waals surface area contributed by atoms with Gasteiger partial charge in [-0.15, -0.1) is 0 Å². The van der Waals surface area contributed by atoms with E-state index in [-0.39, 0.29) is 0 Å². The minimum Gasteiger partial charge on any atom is -0.497 e. The van der Waals surface area contributed by atoms with E-state index in [2.05, 4.69) is 0 Å². The van der Waals surface area contributed by atoms with Gasteiger partial charge < -0.3 is 28.1 Å². The number of carbonyl (C=O) groups excluding carboxylic acids is 1. The minimum atomic E-state index is -0.431. The van der Waals surface area contributed by atoms with Gasteiger partial charge in [-0.2, -0.15) is 0 Å². The monoisotopic (exact) mass is 448 g/mol. The van der Waals surface area contributed by atoms with Crippen LogP contribution in [0, 0.1) is 0 Å². The molecule has 7 heteroatoms. The molecule has 0 spiro atoms. The molecule has 170 valence electrons. The summed E-state index contributed by atoms with van der Waals surface area (Å²) >= 11 is 0. The van der Waals surface area contributed by atoms with Crippen LogP contribution in [0.25, 0.3) is 33.4 Å². The van der Waals surface area contributed by atoms with Crippen molar-refractivity contribution in [3.8, 4) is 45.4 Å². The molecule has 1 heterocycles. The van der Waals surface area contributed by atoms with Crippen LogP contribution in [0.2, 0.25) is 0 Å². The Morgan fingerprint density at radius 2 is 1.39 bits per heavy atom. The van der Waals surface area contributed by atoms with Gasteiger partial charge in [-0.3, -0.25) is 0 Å². The Labute approximate surface area is 191 Å². The molecule has 4 aromatic rings. The summed E-state index contributed by atoms with van der Waals surface area (Å²) in [7, 11) is 7.65. The molecule has 0 bridgehead atoms. The number of methoxy groups -OCH3 is 5. The summed E-state index contributed by atoms with van der Waals surface area (Å²) in [5.74, 6) is 2.43. The second-order valence-electron chi connectivity index (χ2n) is 7.15. The summed E-state index contributed by atoms with van der Waals surface area (Å²) in [5, 5.41) is 0.748. The Morgan fingerprint density at radius 1 is 0.727 bits per heavy atom. The molecule has 1 aromatic heterocycles. The average molecular weight is 448 g/mol. The van der Waals surface area contributed by atoms with Crippen LogP contribution in [0.3, 0.4) is 0 Å². The summed E-state index contributed by atoms with van der Waals surface area (Å²) in [6.45, 7) is 0. The summed E-state index contributed by atoms with van der Waals surface area (Å²) < 4.78 is 33.1. The number of ether oxygens (including phenoxy) is 5. The highest BCUT2D eigenvalue weighted by Gasteiger charge is 2.23. The molecule has 0 atom stereocenters. The van der Waals surface area contributed by atoms with E-state index in [4.69, 9.17) is 28.1 Å². The highest BCUT2D eigenvalue weighted by molar-refractivity contribution is 6.05. The Kier molecular flexibility index (Phi) is 6.13. The first-order valence-electron chi connectivity index (χ1n) is 10.1. The first kappa shape index (κ1) is 22.1. The van der Waals surface area contributed by atoms with Crippen LogP contribution < -0.4 is 18.9 Å². The second kappa shape index (κ2) is 9.16. The molecule has 3 aromatic carbocycles. The van der Waals surface area contributed by atoms with Crippen molar-refractivity contribution in [3.05, 3.63) is 60.2 Å². The Hall–Kier alpha value is -4.13. The summed E-state index contributed by atoms with van der Waals surface area (Å²) in [6.07, 6.45) is 0. The van der Waals surface area contributed by atoms with E-state index >= 15 is 0 Å². The maximum atomic E-state index is 12.2. The van der Waals surface area contributed by atoms with Gasteiger partial charge in [-0.25, -0.2) is 4.79 Å². The maximum absolute atomic E-state index is 12.2. The fourth-order valence-corrected chi connectivity index (χ4v) is 3.80. The quantitative estimate of drug-likeness (QED) is 0.341. The van der Waals surface area contributed by atoms with E-state index in [9.17, 15) is 4.79 Å². The van der Waals surface area contributed by atoms with Crippen LogP contribution in [-0.4, -0.2) is 41.5 Å². The van der Waals surface area contributed by atoms with Crippen LogP contribution in [0.1, 0.15) is 10.4 Å². The van der Waals surface area contributed by atoms with Gasteiger partial charge in [-0.1, -0.05) is 0 Å². The zero-order valence-corrected chi connectivity index (χ0v) is 19.1. The van der Waals surface area contributed by atoms with Crippen LogP contribution in [0.5, 0.6) is 23.0 Å². The molecule has 4 rings (SSSR count). The third-order valence-corrected chi connectivity index (χ3v) is 5.41. The molecular weight excluding hydrogens is 424 g/mol. The molecule has 0 N–H and O–H groups in total. The normalized spacial score (nSPS) is 10.7. The van der Waals surface area contributed by atoms with Gasteiger partial charge in [0.1, 0.15) is 17.1 Å². The van der Waals surface area contributed by atoms with E-state index < -0.39 is 5.97 Å². The number of hydrogen-bond donors (Lipinski definition) is 0. The van der Waals surface area contributed by atoms with Crippen LogP contribution in [0.15, 0.2) is 59.0 Å². The Bertz CT molecular complexity index is 1280. The number of carbonyl (C=O) groups is 1. The lowest BCUT2D eigenvalue weighted by molar-refractivity contribution is 0.0601. The first-order valence-corrected chi connectivity index (χ1v) is 10.1. The molecule has 0 radical (unpaired) electrons. The maximum Gasteiger partial charge on any atom is 0.337 e. The topological polar surface area (TPSA) is 76.4 Å². The lowest BCUT2D eigenvalue weighted by atomic mass is 9.97.